The molecule has 140 valence electrons. The number of nitrogens with one attached hydrogen (secondary N) is 2. The Kier molecular flexibility index (Phi) is 4.15. The topological polar surface area (TPSA) is 57.3 Å². The van der Waals surface area contributed by atoms with Crippen molar-refractivity contribution in [3.63, 3.8) is 0 Å². The number of halogens is 3. The molecule has 2 aliphatic heterocycles. The lowest BCUT2D eigenvalue weighted by Gasteiger charge is -2.35. The van der Waals surface area contributed by atoms with Gasteiger partial charge in [0.15, 0.2) is 0 Å². The Morgan fingerprint density at radius 1 is 1.07 bits per heavy atom. The molecule has 0 saturated carbocycles. The Balaban J connectivity index is 1.78. The van der Waals surface area contributed by atoms with Gasteiger partial charge in [0.1, 0.15) is 12.2 Å². The van der Waals surface area contributed by atoms with Gasteiger partial charge in [-0.15, -0.1) is 0 Å². The van der Waals surface area contributed by atoms with E-state index in [1.165, 1.54) is 12.4 Å². The van der Waals surface area contributed by atoms with Crippen molar-refractivity contribution in [2.24, 2.45) is 0 Å². The molecule has 3 unspecified atom stereocenters. The Morgan fingerprint density at radius 2 is 1.74 bits per heavy atom. The third-order valence-electron chi connectivity index (χ3n) is 4.93. The van der Waals surface area contributed by atoms with Gasteiger partial charge in [-0.2, -0.15) is 13.2 Å². The average molecular weight is 374 g/mol. The van der Waals surface area contributed by atoms with Crippen molar-refractivity contribution in [1.82, 2.24) is 20.7 Å². The monoisotopic (exact) mass is 374 g/mol. The van der Waals surface area contributed by atoms with E-state index in [4.69, 9.17) is 0 Å². The van der Waals surface area contributed by atoms with Crippen LogP contribution in [-0.4, -0.2) is 34.3 Å². The van der Waals surface area contributed by atoms with Gasteiger partial charge in [-0.25, -0.2) is 10.4 Å². The van der Waals surface area contributed by atoms with Crippen LogP contribution in [0.2, 0.25) is 0 Å². The van der Waals surface area contributed by atoms with E-state index in [1.807, 2.05) is 0 Å². The summed E-state index contributed by atoms with van der Waals surface area (Å²) in [6.45, 7) is 1.70. The molecule has 3 heterocycles. The molecule has 1 aromatic heterocycles. The fourth-order valence-electron chi connectivity index (χ4n) is 3.75. The lowest BCUT2D eigenvalue weighted by molar-refractivity contribution is -0.161. The fourth-order valence-corrected chi connectivity index (χ4v) is 3.75. The zero-order valence-electron chi connectivity index (χ0n) is 14.4. The average Bonchev–Trinajstić information content (AvgIpc) is 3.03. The van der Waals surface area contributed by atoms with Gasteiger partial charge in [-0.1, -0.05) is 30.3 Å². The quantitative estimate of drug-likeness (QED) is 0.849. The number of carbonyl (C=O) groups excluding carboxylic acids is 1. The van der Waals surface area contributed by atoms with E-state index in [0.29, 0.717) is 22.4 Å². The van der Waals surface area contributed by atoms with Crippen LogP contribution in [0.1, 0.15) is 24.0 Å². The third kappa shape index (κ3) is 2.95. The molecule has 1 saturated heterocycles. The second-order valence-corrected chi connectivity index (χ2v) is 6.59. The molecule has 1 amide bonds. The number of hydrazine groups is 1. The maximum Gasteiger partial charge on any atom is 0.406 e. The number of aromatic nitrogens is 1. The molecule has 3 atom stereocenters. The number of hydrogen-bond donors (Lipinski definition) is 2. The van der Waals surface area contributed by atoms with Crippen LogP contribution in [0.4, 0.5) is 13.2 Å². The largest absolute Gasteiger partial charge is 0.406 e. The van der Waals surface area contributed by atoms with Crippen LogP contribution in [0.25, 0.3) is 5.57 Å². The van der Waals surface area contributed by atoms with Gasteiger partial charge in [0.25, 0.3) is 5.91 Å². The van der Waals surface area contributed by atoms with Crippen molar-refractivity contribution < 1.29 is 18.0 Å². The van der Waals surface area contributed by atoms with Gasteiger partial charge < -0.3 is 5.32 Å². The van der Waals surface area contributed by atoms with Gasteiger partial charge in [-0.3, -0.25) is 9.78 Å². The number of alkyl halides is 3. The standard InChI is InChI=1S/C19H17F3N4O/c1-11-14(13-7-9-23-10-8-13)18(27)26-17(24-11)15(12-5-3-2-4-6-12)16(25-26)19(20,21)22/h2-10,15-17,24-25H,1H3. The van der Waals surface area contributed by atoms with Crippen LogP contribution in [0.15, 0.2) is 60.6 Å². The highest BCUT2D eigenvalue weighted by Crippen LogP contribution is 2.42. The molecule has 5 nitrogen and oxygen atoms in total. The zero-order valence-corrected chi connectivity index (χ0v) is 14.4. The van der Waals surface area contributed by atoms with E-state index in [9.17, 15) is 18.0 Å². The van der Waals surface area contributed by atoms with Gasteiger partial charge in [0.05, 0.1) is 11.5 Å². The van der Waals surface area contributed by atoms with Crippen molar-refractivity contribution in [2.75, 3.05) is 0 Å². The first-order chi connectivity index (χ1) is 12.9. The van der Waals surface area contributed by atoms with E-state index < -0.39 is 30.2 Å². The van der Waals surface area contributed by atoms with E-state index >= 15 is 0 Å². The highest BCUT2D eigenvalue weighted by Gasteiger charge is 2.57. The number of nitrogens with zero attached hydrogens (tertiary/aromatic N) is 2. The number of amides is 1. The molecule has 1 fully saturated rings. The Labute approximate surface area is 153 Å². The highest BCUT2D eigenvalue weighted by atomic mass is 19.4. The highest BCUT2D eigenvalue weighted by molar-refractivity contribution is 6.20. The normalized spacial score (nSPS) is 25.4. The van der Waals surface area contributed by atoms with Crippen molar-refractivity contribution in [3.05, 3.63) is 71.7 Å². The number of allylic oxidation sites excluding steroid dienone is 1. The Bertz CT molecular complexity index is 883. The van der Waals surface area contributed by atoms with Gasteiger partial charge in [0, 0.05) is 18.1 Å². The number of hydrogen-bond acceptors (Lipinski definition) is 4. The number of carbonyl (C=O) groups is 1. The first kappa shape index (κ1) is 17.5. The Morgan fingerprint density at radius 3 is 2.37 bits per heavy atom. The molecule has 0 aliphatic carbocycles. The number of fused-ring (bicyclic) bond motifs is 1. The minimum Gasteiger partial charge on any atom is -0.366 e. The van der Waals surface area contributed by atoms with Crippen molar-refractivity contribution in [3.8, 4) is 0 Å². The van der Waals surface area contributed by atoms with Crippen LogP contribution in [-0.2, 0) is 4.79 Å². The number of rotatable bonds is 2. The minimum atomic E-state index is -4.51. The second-order valence-electron chi connectivity index (χ2n) is 6.59. The minimum absolute atomic E-state index is 0.329. The summed E-state index contributed by atoms with van der Waals surface area (Å²) in [6.07, 6.45) is -2.27. The second kappa shape index (κ2) is 6.38. The summed E-state index contributed by atoms with van der Waals surface area (Å²) >= 11 is 0. The van der Waals surface area contributed by atoms with Crippen molar-refractivity contribution >= 4 is 11.5 Å². The van der Waals surface area contributed by atoms with E-state index in [-0.39, 0.29) is 0 Å². The van der Waals surface area contributed by atoms with Crippen LogP contribution in [0, 0.1) is 0 Å². The number of pyridine rings is 1. The van der Waals surface area contributed by atoms with Gasteiger partial charge in [-0.05, 0) is 30.2 Å². The summed E-state index contributed by atoms with van der Waals surface area (Å²) in [5, 5.41) is 4.18. The molecule has 2 N–H and O–H groups in total. The first-order valence-corrected chi connectivity index (χ1v) is 8.47. The fraction of sp³-hybridized carbons (Fsp3) is 0.263. The predicted molar refractivity (Wildman–Crippen MR) is 92.8 cm³/mol. The SMILES string of the molecule is CC1=C(c2ccncc2)C(=O)N2NC(C(F)(F)F)C(c3ccccc3)C2N1. The van der Waals surface area contributed by atoms with E-state index in [1.54, 1.807) is 49.4 Å². The lowest BCUT2D eigenvalue weighted by Crippen LogP contribution is -2.54. The predicted octanol–water partition coefficient (Wildman–Crippen LogP) is 2.80. The van der Waals surface area contributed by atoms with Crippen LogP contribution < -0.4 is 10.7 Å². The maximum absolute atomic E-state index is 13.7. The molecule has 27 heavy (non-hydrogen) atoms. The van der Waals surface area contributed by atoms with Crippen LogP contribution >= 0.6 is 0 Å². The molecule has 1 aromatic carbocycles. The lowest BCUT2D eigenvalue weighted by atomic mass is 9.88. The smallest absolute Gasteiger partial charge is 0.366 e. The Hall–Kier alpha value is -2.87. The molecular weight excluding hydrogens is 357 g/mol. The zero-order chi connectivity index (χ0) is 19.2. The van der Waals surface area contributed by atoms with Gasteiger partial charge in [0.2, 0.25) is 0 Å². The summed E-state index contributed by atoms with van der Waals surface area (Å²) < 4.78 is 41.2. The van der Waals surface area contributed by atoms with E-state index in [0.717, 1.165) is 5.01 Å². The molecule has 2 aromatic rings. The van der Waals surface area contributed by atoms with E-state index in [2.05, 4.69) is 15.7 Å². The summed E-state index contributed by atoms with van der Waals surface area (Å²) in [5.41, 5.74) is 4.39. The third-order valence-corrected chi connectivity index (χ3v) is 4.93. The van der Waals surface area contributed by atoms with Gasteiger partial charge >= 0.3 is 6.18 Å². The summed E-state index contributed by atoms with van der Waals surface area (Å²) in [5.74, 6) is -1.46. The van der Waals surface area contributed by atoms with Crippen LogP contribution in [0.5, 0.6) is 0 Å². The van der Waals surface area contributed by atoms with Crippen LogP contribution in [0.3, 0.4) is 0 Å². The van der Waals surface area contributed by atoms with Crippen molar-refractivity contribution in [2.45, 2.75) is 31.2 Å². The molecule has 4 rings (SSSR count). The first-order valence-electron chi connectivity index (χ1n) is 8.47. The molecule has 0 spiro atoms. The van der Waals surface area contributed by atoms with Crippen molar-refractivity contribution in [1.29, 1.82) is 0 Å². The molecule has 0 bridgehead atoms. The summed E-state index contributed by atoms with van der Waals surface area (Å²) in [6, 6.07) is 9.89. The maximum atomic E-state index is 13.7. The molecule has 8 heteroatoms. The molecular formula is C19H17F3N4O. The summed E-state index contributed by atoms with van der Waals surface area (Å²) in [4.78, 5) is 17.0. The molecule has 0 radical (unpaired) electrons. The number of benzene rings is 1. The summed E-state index contributed by atoms with van der Waals surface area (Å²) in [7, 11) is 0. The molecule has 2 aliphatic rings.